The molecule has 0 spiro atoms. The molecular formula is C20H24N2O. The molecule has 1 heterocycles. The molecule has 23 heavy (non-hydrogen) atoms. The van der Waals surface area contributed by atoms with E-state index in [2.05, 4.69) is 49.9 Å². The number of carbonyl (C=O) groups excluding carboxylic acids is 1. The molecular weight excluding hydrogens is 284 g/mol. The molecule has 120 valence electrons. The number of carbonyl (C=O) groups is 1. The molecule has 3 rings (SSSR count). The summed E-state index contributed by atoms with van der Waals surface area (Å²) in [5.74, 6) is 0.133. The molecule has 0 bridgehead atoms. The van der Waals surface area contributed by atoms with Crippen LogP contribution in [0.5, 0.6) is 0 Å². The zero-order valence-electron chi connectivity index (χ0n) is 14.1. The van der Waals surface area contributed by atoms with Gasteiger partial charge in [0.2, 0.25) is 0 Å². The Balaban J connectivity index is 1.77. The molecule has 2 aromatic rings. The first-order valence-electron chi connectivity index (χ1n) is 8.25. The van der Waals surface area contributed by atoms with Crippen molar-refractivity contribution in [3.05, 3.63) is 65.7 Å². The zero-order valence-corrected chi connectivity index (χ0v) is 14.1. The number of nitrogens with zero attached hydrogens (tertiary/aromatic N) is 2. The monoisotopic (exact) mass is 308 g/mol. The highest BCUT2D eigenvalue weighted by Crippen LogP contribution is 2.24. The number of anilines is 1. The summed E-state index contributed by atoms with van der Waals surface area (Å²) in [7, 11) is 0. The lowest BCUT2D eigenvalue weighted by molar-refractivity contribution is 0.0574. The first-order chi connectivity index (χ1) is 11.1. The summed E-state index contributed by atoms with van der Waals surface area (Å²) in [4.78, 5) is 17.2. The third kappa shape index (κ3) is 3.24. The van der Waals surface area contributed by atoms with Gasteiger partial charge in [-0.1, -0.05) is 35.9 Å². The Morgan fingerprint density at radius 3 is 2.04 bits per heavy atom. The van der Waals surface area contributed by atoms with Crippen molar-refractivity contribution in [1.82, 2.24) is 4.90 Å². The predicted molar refractivity (Wildman–Crippen MR) is 94.9 cm³/mol. The summed E-state index contributed by atoms with van der Waals surface area (Å²) in [5, 5.41) is 0. The van der Waals surface area contributed by atoms with Crippen molar-refractivity contribution < 1.29 is 4.79 Å². The number of hydrogen-bond donors (Lipinski definition) is 0. The average molecular weight is 308 g/mol. The van der Waals surface area contributed by atoms with Crippen LogP contribution in [0.3, 0.4) is 0 Å². The Hall–Kier alpha value is -2.29. The van der Waals surface area contributed by atoms with Gasteiger partial charge in [0.15, 0.2) is 0 Å². The van der Waals surface area contributed by atoms with Crippen LogP contribution in [-0.4, -0.2) is 36.0 Å². The van der Waals surface area contributed by atoms with E-state index < -0.39 is 0 Å². The van der Waals surface area contributed by atoms with Crippen LogP contribution in [0.25, 0.3) is 0 Å². The van der Waals surface area contributed by atoms with Crippen LogP contribution < -0.4 is 4.90 Å². The quantitative estimate of drug-likeness (QED) is 0.844. The first kappa shape index (κ1) is 15.6. The molecule has 1 fully saturated rings. The molecule has 0 aromatic heterocycles. The summed E-state index contributed by atoms with van der Waals surface area (Å²) < 4.78 is 0. The fraction of sp³-hybridized carbons (Fsp3) is 0.350. The molecule has 0 saturated carbocycles. The van der Waals surface area contributed by atoms with Crippen molar-refractivity contribution >= 4 is 11.6 Å². The van der Waals surface area contributed by atoms with Gasteiger partial charge in [0, 0.05) is 36.4 Å². The number of rotatable bonds is 2. The van der Waals surface area contributed by atoms with Crippen LogP contribution in [0.1, 0.15) is 29.8 Å². The van der Waals surface area contributed by atoms with Crippen molar-refractivity contribution in [3.8, 4) is 0 Å². The van der Waals surface area contributed by atoms with E-state index in [1.54, 1.807) is 0 Å². The minimum absolute atomic E-state index is 0.133. The predicted octanol–water partition coefficient (Wildman–Crippen LogP) is 3.73. The molecule has 2 aromatic carbocycles. The summed E-state index contributed by atoms with van der Waals surface area (Å²) in [6.45, 7) is 8.11. The lowest BCUT2D eigenvalue weighted by Crippen LogP contribution is -2.58. The molecule has 0 aliphatic carbocycles. The smallest absolute Gasteiger partial charge is 0.254 e. The normalized spacial score (nSPS) is 21.3. The van der Waals surface area contributed by atoms with Crippen molar-refractivity contribution in [1.29, 1.82) is 0 Å². The highest BCUT2D eigenvalue weighted by atomic mass is 16.2. The van der Waals surface area contributed by atoms with E-state index in [0.29, 0.717) is 0 Å². The second kappa shape index (κ2) is 6.45. The SMILES string of the molecule is Cc1ccc(N2C[C@@H](C)N(C(=O)c3ccccc3)[C@@H](C)C2)cc1. The van der Waals surface area contributed by atoms with Gasteiger partial charge in [-0.2, -0.15) is 0 Å². The van der Waals surface area contributed by atoms with E-state index >= 15 is 0 Å². The molecule has 1 saturated heterocycles. The van der Waals surface area contributed by atoms with Crippen molar-refractivity contribution in [2.24, 2.45) is 0 Å². The number of piperazine rings is 1. The minimum Gasteiger partial charge on any atom is -0.367 e. The van der Waals surface area contributed by atoms with Crippen LogP contribution in [-0.2, 0) is 0 Å². The Morgan fingerprint density at radius 1 is 0.913 bits per heavy atom. The summed E-state index contributed by atoms with van der Waals surface area (Å²) in [5.41, 5.74) is 3.28. The van der Waals surface area contributed by atoms with Crippen LogP contribution in [0, 0.1) is 6.92 Å². The Kier molecular flexibility index (Phi) is 4.37. The maximum atomic E-state index is 12.8. The van der Waals surface area contributed by atoms with E-state index in [1.807, 2.05) is 35.2 Å². The molecule has 0 N–H and O–H groups in total. The van der Waals surface area contributed by atoms with Crippen LogP contribution in [0.4, 0.5) is 5.69 Å². The van der Waals surface area contributed by atoms with Gasteiger partial charge < -0.3 is 9.80 Å². The maximum absolute atomic E-state index is 12.8. The van der Waals surface area contributed by atoms with E-state index in [4.69, 9.17) is 0 Å². The average Bonchev–Trinajstić information content (AvgIpc) is 2.55. The fourth-order valence-electron chi connectivity index (χ4n) is 3.42. The highest BCUT2D eigenvalue weighted by molar-refractivity contribution is 5.94. The molecule has 2 atom stereocenters. The molecule has 0 unspecified atom stereocenters. The molecule has 3 nitrogen and oxygen atoms in total. The Morgan fingerprint density at radius 2 is 1.48 bits per heavy atom. The fourth-order valence-corrected chi connectivity index (χ4v) is 3.42. The minimum atomic E-state index is 0.133. The van der Waals surface area contributed by atoms with Gasteiger partial charge in [-0.05, 0) is 45.0 Å². The molecule has 1 amide bonds. The zero-order chi connectivity index (χ0) is 16.4. The summed E-state index contributed by atoms with van der Waals surface area (Å²) in [6, 6.07) is 18.6. The largest absolute Gasteiger partial charge is 0.367 e. The maximum Gasteiger partial charge on any atom is 0.254 e. The lowest BCUT2D eigenvalue weighted by Gasteiger charge is -2.45. The molecule has 0 radical (unpaired) electrons. The number of amides is 1. The highest BCUT2D eigenvalue weighted by Gasteiger charge is 2.33. The second-order valence-electron chi connectivity index (χ2n) is 6.52. The van der Waals surface area contributed by atoms with E-state index in [9.17, 15) is 4.79 Å². The van der Waals surface area contributed by atoms with Gasteiger partial charge in [-0.3, -0.25) is 4.79 Å². The third-order valence-electron chi connectivity index (χ3n) is 4.57. The van der Waals surface area contributed by atoms with E-state index in [0.717, 1.165) is 18.7 Å². The van der Waals surface area contributed by atoms with Gasteiger partial charge in [-0.25, -0.2) is 0 Å². The van der Waals surface area contributed by atoms with Crippen molar-refractivity contribution in [2.75, 3.05) is 18.0 Å². The number of hydrogen-bond acceptors (Lipinski definition) is 2. The van der Waals surface area contributed by atoms with Crippen LogP contribution in [0.2, 0.25) is 0 Å². The third-order valence-corrected chi connectivity index (χ3v) is 4.57. The van der Waals surface area contributed by atoms with E-state index in [-0.39, 0.29) is 18.0 Å². The second-order valence-corrected chi connectivity index (χ2v) is 6.52. The summed E-state index contributed by atoms with van der Waals surface area (Å²) >= 11 is 0. The Bertz CT molecular complexity index is 654. The van der Waals surface area contributed by atoms with Crippen molar-refractivity contribution in [3.63, 3.8) is 0 Å². The number of benzene rings is 2. The summed E-state index contributed by atoms with van der Waals surface area (Å²) in [6.07, 6.45) is 0. The number of aryl methyl sites for hydroxylation is 1. The topological polar surface area (TPSA) is 23.6 Å². The molecule has 3 heteroatoms. The van der Waals surface area contributed by atoms with Crippen LogP contribution >= 0.6 is 0 Å². The van der Waals surface area contributed by atoms with E-state index in [1.165, 1.54) is 11.3 Å². The standard InChI is InChI=1S/C20H24N2O/c1-15-9-11-19(12-10-15)21-13-16(2)22(17(3)14-21)20(23)18-7-5-4-6-8-18/h4-12,16-17H,13-14H2,1-3H3/t16-,17+. The molecule has 1 aliphatic rings. The van der Waals surface area contributed by atoms with Gasteiger partial charge in [0.25, 0.3) is 5.91 Å². The Labute approximate surface area is 138 Å². The molecule has 1 aliphatic heterocycles. The van der Waals surface area contributed by atoms with Gasteiger partial charge in [0.05, 0.1) is 0 Å². The lowest BCUT2D eigenvalue weighted by atomic mass is 10.0. The van der Waals surface area contributed by atoms with Crippen LogP contribution in [0.15, 0.2) is 54.6 Å². The van der Waals surface area contributed by atoms with Gasteiger partial charge in [0.1, 0.15) is 0 Å². The first-order valence-corrected chi connectivity index (χ1v) is 8.25. The van der Waals surface area contributed by atoms with Gasteiger partial charge >= 0.3 is 0 Å². The van der Waals surface area contributed by atoms with Crippen molar-refractivity contribution in [2.45, 2.75) is 32.9 Å². The van der Waals surface area contributed by atoms with Gasteiger partial charge in [-0.15, -0.1) is 0 Å².